The molecule has 0 saturated carbocycles. The number of aromatic amines is 1. The summed E-state index contributed by atoms with van der Waals surface area (Å²) in [4.78, 5) is 38.6. The van der Waals surface area contributed by atoms with Gasteiger partial charge in [0, 0.05) is 58.0 Å². The maximum atomic E-state index is 13.5. The highest BCUT2D eigenvalue weighted by Crippen LogP contribution is 2.27. The first-order valence-corrected chi connectivity index (χ1v) is 15.3. The van der Waals surface area contributed by atoms with Crippen LogP contribution in [0.15, 0.2) is 51.1 Å². The molecule has 2 aliphatic rings. The monoisotopic (exact) mass is 578 g/mol. The zero-order chi connectivity index (χ0) is 28.9. The van der Waals surface area contributed by atoms with Crippen LogP contribution >= 0.6 is 0 Å². The molecule has 2 aliphatic heterocycles. The fourth-order valence-corrected chi connectivity index (χ4v) is 7.17. The van der Waals surface area contributed by atoms with Crippen molar-refractivity contribution in [2.24, 2.45) is 0 Å². The largest absolute Gasteiger partial charge is 0.369 e. The number of carbonyl (C=O) groups excluding carboxylic acids is 1. The van der Waals surface area contributed by atoms with Gasteiger partial charge in [0.15, 0.2) is 5.65 Å². The Kier molecular flexibility index (Phi) is 7.04. The molecule has 6 rings (SSSR count). The summed E-state index contributed by atoms with van der Waals surface area (Å²) < 4.78 is 28.6. The number of benzene rings is 2. The quantitative estimate of drug-likeness (QED) is 0.368. The molecule has 2 aromatic heterocycles. The Balaban J connectivity index is 1.24. The number of anilines is 1. The third-order valence-corrected chi connectivity index (χ3v) is 9.96. The molecule has 4 aromatic rings. The van der Waals surface area contributed by atoms with Crippen molar-refractivity contribution in [3.8, 4) is 0 Å². The lowest BCUT2D eigenvalue weighted by molar-refractivity contribution is -0.134. The van der Waals surface area contributed by atoms with Crippen molar-refractivity contribution in [1.82, 2.24) is 34.5 Å². The summed E-state index contributed by atoms with van der Waals surface area (Å²) in [6.45, 7) is 10.3. The number of aryl methyl sites for hydroxylation is 2. The summed E-state index contributed by atoms with van der Waals surface area (Å²) >= 11 is 0. The number of nitrogens with zero attached hydrogens (tertiary/aromatic N) is 7. The van der Waals surface area contributed by atoms with E-state index in [1.54, 1.807) is 31.2 Å². The van der Waals surface area contributed by atoms with Gasteiger partial charge in [0.1, 0.15) is 0 Å². The molecular weight excluding hydrogens is 544 g/mol. The molecule has 2 saturated heterocycles. The zero-order valence-corrected chi connectivity index (χ0v) is 24.3. The summed E-state index contributed by atoms with van der Waals surface area (Å²) in [7, 11) is -1.95. The number of nitrogens with one attached hydrogen (secondary N) is 1. The molecule has 0 atom stereocenters. The molecule has 0 aliphatic carbocycles. The molecule has 41 heavy (non-hydrogen) atoms. The summed E-state index contributed by atoms with van der Waals surface area (Å²) in [6.07, 6.45) is 0. The van der Waals surface area contributed by atoms with E-state index >= 15 is 0 Å². The molecule has 1 amide bonds. The second-order valence-corrected chi connectivity index (χ2v) is 12.8. The number of amides is 1. The van der Waals surface area contributed by atoms with E-state index in [0.717, 1.165) is 63.6 Å². The summed E-state index contributed by atoms with van der Waals surface area (Å²) in [5.74, 6) is 0.178. The minimum Gasteiger partial charge on any atom is -0.369 e. The molecule has 12 nitrogen and oxygen atoms in total. The first kappa shape index (κ1) is 27.4. The predicted molar refractivity (Wildman–Crippen MR) is 155 cm³/mol. The Hall–Kier alpha value is -3.81. The van der Waals surface area contributed by atoms with Crippen molar-refractivity contribution in [2.75, 3.05) is 70.9 Å². The smallest absolute Gasteiger partial charge is 0.281 e. The molecule has 4 heterocycles. The van der Waals surface area contributed by atoms with E-state index in [1.807, 2.05) is 24.0 Å². The number of carbonyl (C=O) groups is 1. The topological polar surface area (TPSA) is 127 Å². The van der Waals surface area contributed by atoms with Crippen LogP contribution in [0, 0.1) is 13.8 Å². The van der Waals surface area contributed by atoms with Gasteiger partial charge in [-0.1, -0.05) is 17.7 Å². The molecule has 13 heteroatoms. The normalized spacial score (nSPS) is 17.5. The van der Waals surface area contributed by atoms with Crippen molar-refractivity contribution >= 4 is 38.0 Å². The number of fused-ring (bicyclic) bond motifs is 3. The van der Waals surface area contributed by atoms with E-state index in [-0.39, 0.29) is 21.5 Å². The SMILES string of the molecule is Cc1ccc(S(=O)(=O)c2n[nH]n3c2nc(=O)c2ccc(N4CCN(CC(=O)N5CCN(C)CC5)CC4)cc23)c(C)c1. The second kappa shape index (κ2) is 10.5. The van der Waals surface area contributed by atoms with Crippen LogP contribution in [0.4, 0.5) is 5.69 Å². The lowest BCUT2D eigenvalue weighted by Gasteiger charge is -2.38. The van der Waals surface area contributed by atoms with E-state index < -0.39 is 15.4 Å². The summed E-state index contributed by atoms with van der Waals surface area (Å²) in [5.41, 5.74) is 2.39. The molecule has 2 aromatic carbocycles. The van der Waals surface area contributed by atoms with Crippen LogP contribution in [0.1, 0.15) is 11.1 Å². The average molecular weight is 579 g/mol. The van der Waals surface area contributed by atoms with Crippen molar-refractivity contribution < 1.29 is 13.2 Å². The van der Waals surface area contributed by atoms with Crippen LogP contribution in [-0.4, -0.2) is 115 Å². The average Bonchev–Trinajstić information content (AvgIpc) is 3.38. The van der Waals surface area contributed by atoms with Gasteiger partial charge in [-0.3, -0.25) is 14.5 Å². The van der Waals surface area contributed by atoms with Crippen molar-refractivity contribution in [3.05, 3.63) is 57.9 Å². The number of piperazine rings is 2. The number of sulfone groups is 1. The molecule has 2 fully saturated rings. The number of likely N-dealkylation sites (N-methyl/N-ethyl adjacent to an activating group) is 1. The summed E-state index contributed by atoms with van der Waals surface area (Å²) in [6, 6.07) is 10.5. The number of aromatic nitrogens is 4. The highest BCUT2D eigenvalue weighted by atomic mass is 32.2. The minimum atomic E-state index is -4.03. The Morgan fingerprint density at radius 1 is 0.951 bits per heavy atom. The molecule has 1 N–H and O–H groups in total. The van der Waals surface area contributed by atoms with Gasteiger partial charge in [-0.2, -0.15) is 4.98 Å². The maximum absolute atomic E-state index is 13.5. The molecule has 216 valence electrons. The van der Waals surface area contributed by atoms with Crippen LogP contribution in [0.3, 0.4) is 0 Å². The van der Waals surface area contributed by atoms with Crippen molar-refractivity contribution in [2.45, 2.75) is 23.8 Å². The van der Waals surface area contributed by atoms with E-state index in [9.17, 15) is 18.0 Å². The van der Waals surface area contributed by atoms with Gasteiger partial charge in [-0.05, 0) is 50.7 Å². The highest BCUT2D eigenvalue weighted by Gasteiger charge is 2.28. The summed E-state index contributed by atoms with van der Waals surface area (Å²) in [5, 5.41) is 6.96. The van der Waals surface area contributed by atoms with Gasteiger partial charge >= 0.3 is 0 Å². The molecule has 0 radical (unpaired) electrons. The number of rotatable bonds is 5. The van der Waals surface area contributed by atoms with E-state index in [1.165, 1.54) is 4.52 Å². The number of hydrogen-bond donors (Lipinski definition) is 1. The fraction of sp³-hybridized carbons (Fsp3) is 0.429. The molecular formula is C28H34N8O4S. The lowest BCUT2D eigenvalue weighted by atomic mass is 10.2. The standard InChI is InChI=1S/C28H34N8O4S/c1-19-4-7-24(20(2)16-19)41(39,40)28-26-29-27(38)22-6-5-21(17-23(22)36(26)31-30-28)34-14-10-33(11-15-34)18-25(37)35-12-8-32(3)9-13-35/h4-7,16-17,31H,8-15,18H2,1-3H3. The van der Waals surface area contributed by atoms with Gasteiger partial charge in [-0.25, -0.2) is 18.1 Å². The fourth-order valence-electron chi connectivity index (χ4n) is 5.69. The highest BCUT2D eigenvalue weighted by molar-refractivity contribution is 7.91. The van der Waals surface area contributed by atoms with Gasteiger partial charge in [0.05, 0.1) is 22.3 Å². The third-order valence-electron chi connectivity index (χ3n) is 8.14. The number of hydrogen-bond acceptors (Lipinski definition) is 9. The predicted octanol–water partition coefficient (Wildman–Crippen LogP) is 0.916. The first-order chi connectivity index (χ1) is 19.6. The van der Waals surface area contributed by atoms with E-state index in [0.29, 0.717) is 23.0 Å². The Labute approximate surface area is 238 Å². The van der Waals surface area contributed by atoms with Crippen LogP contribution in [0.5, 0.6) is 0 Å². The van der Waals surface area contributed by atoms with Gasteiger partial charge < -0.3 is 14.7 Å². The van der Waals surface area contributed by atoms with E-state index in [2.05, 4.69) is 37.0 Å². The Morgan fingerprint density at radius 3 is 2.39 bits per heavy atom. The second-order valence-electron chi connectivity index (χ2n) is 11.0. The molecule has 0 unspecified atom stereocenters. The Morgan fingerprint density at radius 2 is 1.68 bits per heavy atom. The van der Waals surface area contributed by atoms with Crippen molar-refractivity contribution in [1.29, 1.82) is 0 Å². The lowest BCUT2D eigenvalue weighted by Crippen LogP contribution is -2.53. The Bertz CT molecular complexity index is 1800. The molecule has 0 spiro atoms. The van der Waals surface area contributed by atoms with E-state index in [4.69, 9.17) is 0 Å². The number of H-pyrrole nitrogens is 1. The molecule has 0 bridgehead atoms. The van der Waals surface area contributed by atoms with Crippen LogP contribution in [0.25, 0.3) is 16.6 Å². The van der Waals surface area contributed by atoms with Gasteiger partial charge in [0.25, 0.3) is 5.56 Å². The van der Waals surface area contributed by atoms with Gasteiger partial charge in [0.2, 0.25) is 20.8 Å². The van der Waals surface area contributed by atoms with Gasteiger partial charge in [-0.15, -0.1) is 5.10 Å². The minimum absolute atomic E-state index is 0.0353. The van der Waals surface area contributed by atoms with Crippen LogP contribution < -0.4 is 10.5 Å². The van der Waals surface area contributed by atoms with Crippen molar-refractivity contribution in [3.63, 3.8) is 0 Å². The van der Waals surface area contributed by atoms with Crippen LogP contribution in [-0.2, 0) is 14.6 Å². The maximum Gasteiger partial charge on any atom is 0.281 e. The van der Waals surface area contributed by atoms with Crippen LogP contribution in [0.2, 0.25) is 0 Å². The third kappa shape index (κ3) is 5.09. The first-order valence-electron chi connectivity index (χ1n) is 13.8. The zero-order valence-electron chi connectivity index (χ0n) is 23.5.